The molecule has 0 amide bonds. The van der Waals surface area contributed by atoms with Crippen LogP contribution in [0.1, 0.15) is 43.8 Å². The van der Waals surface area contributed by atoms with Gasteiger partial charge in [-0.15, -0.1) is 11.3 Å². The van der Waals surface area contributed by atoms with Crippen LogP contribution in [0.25, 0.3) is 0 Å². The van der Waals surface area contributed by atoms with Gasteiger partial charge in [-0.25, -0.2) is 4.98 Å². The molecule has 0 spiro atoms. The van der Waals surface area contributed by atoms with Gasteiger partial charge in [0, 0.05) is 18.3 Å². The van der Waals surface area contributed by atoms with Gasteiger partial charge in [0.25, 0.3) is 0 Å². The molecule has 0 aliphatic heterocycles. The maximum absolute atomic E-state index is 4.57. The van der Waals surface area contributed by atoms with E-state index in [2.05, 4.69) is 42.2 Å². The molecule has 0 aliphatic rings. The molecule has 1 rings (SSSR count). The fourth-order valence-corrected chi connectivity index (χ4v) is 2.00. The summed E-state index contributed by atoms with van der Waals surface area (Å²) >= 11 is 1.71. The lowest BCUT2D eigenvalue weighted by Crippen LogP contribution is -1.98. The molecule has 0 N–H and O–H groups in total. The van der Waals surface area contributed by atoms with Crippen molar-refractivity contribution < 1.29 is 0 Å². The number of hydrogen-bond donors (Lipinski definition) is 0. The van der Waals surface area contributed by atoms with Crippen molar-refractivity contribution in [1.82, 2.24) is 4.98 Å². The van der Waals surface area contributed by atoms with E-state index in [1.165, 1.54) is 5.01 Å². The SMILES string of the molecule is CC/C=C\C(=NC)c1csc(C(C)C)n1. The van der Waals surface area contributed by atoms with Crippen molar-refractivity contribution in [3.8, 4) is 0 Å². The molecule has 0 unspecified atom stereocenters. The average Bonchev–Trinajstić information content (AvgIpc) is 2.68. The summed E-state index contributed by atoms with van der Waals surface area (Å²) < 4.78 is 0. The minimum absolute atomic E-state index is 0.497. The van der Waals surface area contributed by atoms with E-state index in [0.29, 0.717) is 5.92 Å². The topological polar surface area (TPSA) is 25.2 Å². The first-order valence-corrected chi connectivity index (χ1v) is 6.16. The fraction of sp³-hybridized carbons (Fsp3) is 0.500. The predicted octanol–water partition coefficient (Wildman–Crippen LogP) is 3.65. The van der Waals surface area contributed by atoms with Gasteiger partial charge in [-0.05, 0) is 12.5 Å². The maximum atomic E-state index is 4.57. The first-order valence-electron chi connectivity index (χ1n) is 5.28. The Kier molecular flexibility index (Phi) is 4.69. The molecule has 15 heavy (non-hydrogen) atoms. The molecule has 0 fully saturated rings. The lowest BCUT2D eigenvalue weighted by molar-refractivity contribution is 0.851. The maximum Gasteiger partial charge on any atom is 0.0994 e. The molecule has 1 aromatic rings. The van der Waals surface area contributed by atoms with Crippen LogP contribution in [-0.4, -0.2) is 17.7 Å². The monoisotopic (exact) mass is 222 g/mol. The molecule has 0 saturated carbocycles. The second-order valence-corrected chi connectivity index (χ2v) is 4.53. The van der Waals surface area contributed by atoms with Gasteiger partial charge < -0.3 is 0 Å². The van der Waals surface area contributed by atoms with Gasteiger partial charge in [-0.2, -0.15) is 0 Å². The van der Waals surface area contributed by atoms with Crippen LogP contribution in [0.4, 0.5) is 0 Å². The summed E-state index contributed by atoms with van der Waals surface area (Å²) in [6.45, 7) is 6.44. The van der Waals surface area contributed by atoms with Crippen molar-refractivity contribution in [2.24, 2.45) is 4.99 Å². The van der Waals surface area contributed by atoms with Crippen molar-refractivity contribution in [3.05, 3.63) is 28.2 Å². The van der Waals surface area contributed by atoms with Gasteiger partial charge in [0.05, 0.1) is 16.4 Å². The Balaban J connectivity index is 2.89. The normalized spacial score (nSPS) is 13.0. The molecule has 3 heteroatoms. The Morgan fingerprint density at radius 1 is 1.60 bits per heavy atom. The second-order valence-electron chi connectivity index (χ2n) is 3.65. The number of thiazole rings is 1. The van der Waals surface area contributed by atoms with Crippen LogP contribution in [-0.2, 0) is 0 Å². The van der Waals surface area contributed by atoms with E-state index < -0.39 is 0 Å². The summed E-state index contributed by atoms with van der Waals surface area (Å²) in [5.74, 6) is 0.497. The van der Waals surface area contributed by atoms with Gasteiger partial charge in [-0.3, -0.25) is 4.99 Å². The largest absolute Gasteiger partial charge is 0.286 e. The Morgan fingerprint density at radius 2 is 2.33 bits per heavy atom. The molecular formula is C12H18N2S. The van der Waals surface area contributed by atoms with Gasteiger partial charge in [-0.1, -0.05) is 26.8 Å². The van der Waals surface area contributed by atoms with Crippen molar-refractivity contribution in [1.29, 1.82) is 0 Å². The predicted molar refractivity (Wildman–Crippen MR) is 68.1 cm³/mol. The fourth-order valence-electron chi connectivity index (χ4n) is 1.17. The molecule has 1 aromatic heterocycles. The lowest BCUT2D eigenvalue weighted by Gasteiger charge is -1.97. The van der Waals surface area contributed by atoms with Crippen LogP contribution in [0, 0.1) is 0 Å². The van der Waals surface area contributed by atoms with Crippen molar-refractivity contribution >= 4 is 17.0 Å². The number of aromatic nitrogens is 1. The Bertz CT molecular complexity index is 361. The standard InChI is InChI=1S/C12H18N2S/c1-5-6-7-10(13-4)11-8-15-12(14-11)9(2)3/h6-9H,5H2,1-4H3/b7-6-,13-10?. The number of allylic oxidation sites excluding steroid dienone is 2. The summed E-state index contributed by atoms with van der Waals surface area (Å²) in [5.41, 5.74) is 1.97. The van der Waals surface area contributed by atoms with E-state index in [9.17, 15) is 0 Å². The van der Waals surface area contributed by atoms with E-state index >= 15 is 0 Å². The third kappa shape index (κ3) is 3.27. The molecule has 2 nitrogen and oxygen atoms in total. The first kappa shape index (κ1) is 12.1. The number of nitrogens with zero attached hydrogens (tertiary/aromatic N) is 2. The summed E-state index contributed by atoms with van der Waals surface area (Å²) in [6, 6.07) is 0. The van der Waals surface area contributed by atoms with E-state index in [1.807, 2.05) is 13.1 Å². The Labute approximate surface area is 95.8 Å². The van der Waals surface area contributed by atoms with Crippen molar-refractivity contribution in [2.75, 3.05) is 7.05 Å². The molecule has 0 aromatic carbocycles. The Morgan fingerprint density at radius 3 is 2.80 bits per heavy atom. The van der Waals surface area contributed by atoms with Crippen LogP contribution in [0.2, 0.25) is 0 Å². The molecule has 0 aliphatic carbocycles. The van der Waals surface area contributed by atoms with Crippen LogP contribution >= 0.6 is 11.3 Å². The Hall–Kier alpha value is -0.960. The van der Waals surface area contributed by atoms with Crippen molar-refractivity contribution in [3.63, 3.8) is 0 Å². The van der Waals surface area contributed by atoms with Crippen LogP contribution in [0.3, 0.4) is 0 Å². The third-order valence-corrected chi connectivity index (χ3v) is 3.18. The number of rotatable bonds is 4. The molecular weight excluding hydrogens is 204 g/mol. The van der Waals surface area contributed by atoms with E-state index in [4.69, 9.17) is 0 Å². The van der Waals surface area contributed by atoms with Gasteiger partial charge in [0.15, 0.2) is 0 Å². The zero-order valence-electron chi connectivity index (χ0n) is 9.82. The van der Waals surface area contributed by atoms with Gasteiger partial charge >= 0.3 is 0 Å². The zero-order valence-corrected chi connectivity index (χ0v) is 10.6. The molecule has 0 radical (unpaired) electrons. The highest BCUT2D eigenvalue weighted by Crippen LogP contribution is 2.19. The summed E-state index contributed by atoms with van der Waals surface area (Å²) in [7, 11) is 1.81. The van der Waals surface area contributed by atoms with Crippen molar-refractivity contribution in [2.45, 2.75) is 33.1 Å². The van der Waals surface area contributed by atoms with E-state index in [1.54, 1.807) is 11.3 Å². The first-order chi connectivity index (χ1) is 7.19. The lowest BCUT2D eigenvalue weighted by atomic mass is 10.2. The number of aliphatic imine (C=N–C) groups is 1. The highest BCUT2D eigenvalue weighted by Gasteiger charge is 2.08. The highest BCUT2D eigenvalue weighted by molar-refractivity contribution is 7.09. The van der Waals surface area contributed by atoms with Gasteiger partial charge in [0.1, 0.15) is 0 Å². The second kappa shape index (κ2) is 5.81. The zero-order chi connectivity index (χ0) is 11.3. The smallest absolute Gasteiger partial charge is 0.0994 e. The number of hydrogen-bond acceptors (Lipinski definition) is 3. The third-order valence-electron chi connectivity index (χ3n) is 2.03. The van der Waals surface area contributed by atoms with Crippen LogP contribution in [0.5, 0.6) is 0 Å². The minimum atomic E-state index is 0.497. The highest BCUT2D eigenvalue weighted by atomic mass is 32.1. The molecule has 0 atom stereocenters. The molecule has 1 heterocycles. The van der Waals surface area contributed by atoms with Crippen LogP contribution in [0.15, 0.2) is 22.5 Å². The summed E-state index contributed by atoms with van der Waals surface area (Å²) in [4.78, 5) is 8.81. The quantitative estimate of drug-likeness (QED) is 0.714. The molecule has 0 bridgehead atoms. The summed E-state index contributed by atoms with van der Waals surface area (Å²) in [5, 5.41) is 3.26. The van der Waals surface area contributed by atoms with Gasteiger partial charge in [0.2, 0.25) is 0 Å². The molecule has 82 valence electrons. The summed E-state index contributed by atoms with van der Waals surface area (Å²) in [6.07, 6.45) is 5.18. The van der Waals surface area contributed by atoms with E-state index in [-0.39, 0.29) is 0 Å². The minimum Gasteiger partial charge on any atom is -0.286 e. The van der Waals surface area contributed by atoms with E-state index in [0.717, 1.165) is 17.8 Å². The average molecular weight is 222 g/mol. The van der Waals surface area contributed by atoms with Crippen LogP contribution < -0.4 is 0 Å². The molecule has 0 saturated heterocycles.